The van der Waals surface area contributed by atoms with Crippen LogP contribution in [-0.4, -0.2) is 22.1 Å². The molecule has 2 rings (SSSR count). The number of carbonyl (C=O) groups excluding carboxylic acids is 1. The van der Waals surface area contributed by atoms with E-state index in [4.69, 9.17) is 4.42 Å². The van der Waals surface area contributed by atoms with Gasteiger partial charge < -0.3 is 8.94 Å². The van der Waals surface area contributed by atoms with Crippen LogP contribution in [0.5, 0.6) is 0 Å². The van der Waals surface area contributed by atoms with Crippen LogP contribution in [0.2, 0.25) is 0 Å². The molecule has 0 aliphatic carbocycles. The topological polar surface area (TPSA) is 69.1 Å². The molecule has 0 aromatic carbocycles. The minimum atomic E-state index is -4.93. The van der Waals surface area contributed by atoms with Crippen molar-refractivity contribution in [2.24, 2.45) is 0 Å². The number of alkyl halides is 3. The van der Waals surface area contributed by atoms with Gasteiger partial charge in [0, 0.05) is 0 Å². The summed E-state index contributed by atoms with van der Waals surface area (Å²) in [5, 5.41) is 3.48. The van der Waals surface area contributed by atoms with E-state index in [1.54, 1.807) is 0 Å². The van der Waals surface area contributed by atoms with Crippen LogP contribution in [0.25, 0.3) is 11.4 Å². The molecule has 0 radical (unpaired) electrons. The Morgan fingerprint density at radius 2 is 2.17 bits per heavy atom. The minimum Gasteiger partial charge on any atom is -0.472 e. The van der Waals surface area contributed by atoms with Gasteiger partial charge in [-0.05, 0) is 13.0 Å². The Labute approximate surface area is 98.6 Å². The fourth-order valence-corrected chi connectivity index (χ4v) is 1.28. The second-order valence-electron chi connectivity index (χ2n) is 3.55. The summed E-state index contributed by atoms with van der Waals surface area (Å²) in [6.45, 7) is 1.06. The lowest BCUT2D eigenvalue weighted by molar-refractivity contribution is -0.172. The van der Waals surface area contributed by atoms with Crippen LogP contribution in [-0.2, 0) is 4.79 Å². The molecule has 0 aliphatic heterocycles. The lowest BCUT2D eigenvalue weighted by Crippen LogP contribution is -2.27. The zero-order valence-corrected chi connectivity index (χ0v) is 9.06. The van der Waals surface area contributed by atoms with Crippen molar-refractivity contribution in [3.8, 4) is 11.4 Å². The van der Waals surface area contributed by atoms with Crippen molar-refractivity contribution in [3.63, 3.8) is 0 Å². The smallest absolute Gasteiger partial charge is 0.450 e. The number of Topliss-reactive ketones (excluding diaryl/α,β-unsaturated/α-hetero) is 1. The van der Waals surface area contributed by atoms with Crippen molar-refractivity contribution in [1.82, 2.24) is 10.1 Å². The highest BCUT2D eigenvalue weighted by Crippen LogP contribution is 2.27. The molecule has 2 heterocycles. The van der Waals surface area contributed by atoms with Gasteiger partial charge in [0.15, 0.2) is 0 Å². The maximum absolute atomic E-state index is 12.2. The average Bonchev–Trinajstić information content (AvgIpc) is 2.95. The summed E-state index contributed by atoms with van der Waals surface area (Å²) < 4.78 is 46.0. The molecule has 0 aliphatic rings. The number of carbonyl (C=O) groups is 1. The van der Waals surface area contributed by atoms with Crippen LogP contribution in [0.15, 0.2) is 27.5 Å². The van der Waals surface area contributed by atoms with E-state index in [-0.39, 0.29) is 11.7 Å². The molecule has 5 nitrogen and oxygen atoms in total. The Hall–Kier alpha value is -2.12. The summed E-state index contributed by atoms with van der Waals surface area (Å²) in [5.74, 6) is -3.77. The fourth-order valence-electron chi connectivity index (χ4n) is 1.28. The molecule has 0 fully saturated rings. The molecule has 1 unspecified atom stereocenters. The Morgan fingerprint density at radius 3 is 2.72 bits per heavy atom. The molecule has 2 aromatic heterocycles. The number of nitrogens with zero attached hydrogens (tertiary/aromatic N) is 2. The first-order valence-electron chi connectivity index (χ1n) is 4.87. The second kappa shape index (κ2) is 4.28. The zero-order valence-electron chi connectivity index (χ0n) is 9.06. The van der Waals surface area contributed by atoms with Gasteiger partial charge in [0.25, 0.3) is 0 Å². The summed E-state index contributed by atoms with van der Waals surface area (Å²) in [7, 11) is 0. The lowest BCUT2D eigenvalue weighted by atomic mass is 10.1. The highest BCUT2D eigenvalue weighted by Gasteiger charge is 2.44. The van der Waals surface area contributed by atoms with Crippen molar-refractivity contribution >= 4 is 5.78 Å². The minimum absolute atomic E-state index is 0.0700. The summed E-state index contributed by atoms with van der Waals surface area (Å²) >= 11 is 0. The highest BCUT2D eigenvalue weighted by molar-refractivity contribution is 5.89. The monoisotopic (exact) mass is 260 g/mol. The van der Waals surface area contributed by atoms with Crippen LogP contribution in [0, 0.1) is 0 Å². The number of ketones is 1. The van der Waals surface area contributed by atoms with Gasteiger partial charge in [-0.15, -0.1) is 0 Å². The molecular formula is C10H7F3N2O3. The number of furan rings is 1. The molecule has 8 heteroatoms. The van der Waals surface area contributed by atoms with E-state index >= 15 is 0 Å². The van der Waals surface area contributed by atoms with E-state index in [2.05, 4.69) is 14.7 Å². The molecule has 0 bridgehead atoms. The summed E-state index contributed by atoms with van der Waals surface area (Å²) in [5.41, 5.74) is 0.455. The third-order valence-corrected chi connectivity index (χ3v) is 2.26. The van der Waals surface area contributed by atoms with E-state index in [0.29, 0.717) is 5.56 Å². The van der Waals surface area contributed by atoms with E-state index < -0.39 is 17.9 Å². The van der Waals surface area contributed by atoms with Crippen LogP contribution in [0.1, 0.15) is 18.7 Å². The summed E-state index contributed by atoms with van der Waals surface area (Å²) in [6, 6.07) is 1.52. The van der Waals surface area contributed by atoms with Crippen molar-refractivity contribution in [2.75, 3.05) is 0 Å². The van der Waals surface area contributed by atoms with Gasteiger partial charge in [0.2, 0.25) is 17.5 Å². The van der Waals surface area contributed by atoms with Gasteiger partial charge in [-0.3, -0.25) is 4.79 Å². The Balaban J connectivity index is 2.23. The van der Waals surface area contributed by atoms with Crippen LogP contribution in [0.3, 0.4) is 0 Å². The van der Waals surface area contributed by atoms with Crippen molar-refractivity contribution < 1.29 is 26.9 Å². The predicted molar refractivity (Wildman–Crippen MR) is 51.5 cm³/mol. The molecule has 0 amide bonds. The summed E-state index contributed by atoms with van der Waals surface area (Å²) in [4.78, 5) is 14.7. The highest BCUT2D eigenvalue weighted by atomic mass is 19.4. The Kier molecular flexibility index (Phi) is 2.93. The van der Waals surface area contributed by atoms with Crippen LogP contribution in [0.4, 0.5) is 13.2 Å². The molecule has 96 valence electrons. The fraction of sp³-hybridized carbons (Fsp3) is 0.300. The number of hydrogen-bond acceptors (Lipinski definition) is 5. The SMILES string of the molecule is CC(C(=O)C(F)(F)F)c1nc(-c2ccoc2)no1. The first-order chi connectivity index (χ1) is 8.39. The predicted octanol–water partition coefficient (Wildman–Crippen LogP) is 2.56. The van der Waals surface area contributed by atoms with E-state index in [9.17, 15) is 18.0 Å². The first-order valence-corrected chi connectivity index (χ1v) is 4.87. The van der Waals surface area contributed by atoms with Crippen molar-refractivity contribution in [2.45, 2.75) is 19.0 Å². The van der Waals surface area contributed by atoms with Gasteiger partial charge in [0.05, 0.1) is 11.8 Å². The molecular weight excluding hydrogens is 253 g/mol. The molecule has 2 aromatic rings. The van der Waals surface area contributed by atoms with Gasteiger partial charge in [0.1, 0.15) is 12.2 Å². The third kappa shape index (κ3) is 2.27. The Bertz CT molecular complexity index is 545. The Morgan fingerprint density at radius 1 is 1.44 bits per heavy atom. The molecule has 18 heavy (non-hydrogen) atoms. The lowest BCUT2D eigenvalue weighted by Gasteiger charge is -2.07. The number of rotatable bonds is 3. The second-order valence-corrected chi connectivity index (χ2v) is 3.55. The van der Waals surface area contributed by atoms with Crippen LogP contribution >= 0.6 is 0 Å². The van der Waals surface area contributed by atoms with E-state index in [0.717, 1.165) is 6.92 Å². The van der Waals surface area contributed by atoms with Crippen LogP contribution < -0.4 is 0 Å². The quantitative estimate of drug-likeness (QED) is 0.848. The van der Waals surface area contributed by atoms with Gasteiger partial charge in [-0.1, -0.05) is 5.16 Å². The standard InChI is InChI=1S/C10H7F3N2O3/c1-5(7(16)10(11,12)13)9-14-8(15-18-9)6-2-3-17-4-6/h2-5H,1H3. The molecule has 0 N–H and O–H groups in total. The largest absolute Gasteiger partial charge is 0.472 e. The number of halogens is 3. The number of aromatic nitrogens is 2. The third-order valence-electron chi connectivity index (χ3n) is 2.26. The maximum atomic E-state index is 12.2. The van der Waals surface area contributed by atoms with Gasteiger partial charge in [-0.2, -0.15) is 18.2 Å². The first kappa shape index (κ1) is 12.3. The molecule has 0 saturated heterocycles. The van der Waals surface area contributed by atoms with Crippen molar-refractivity contribution in [3.05, 3.63) is 24.5 Å². The average molecular weight is 260 g/mol. The summed E-state index contributed by atoms with van der Waals surface area (Å²) in [6.07, 6.45) is -2.26. The molecule has 0 saturated carbocycles. The van der Waals surface area contributed by atoms with Gasteiger partial charge in [-0.25, -0.2) is 0 Å². The normalized spacial score (nSPS) is 13.6. The number of hydrogen-bond donors (Lipinski definition) is 0. The van der Waals surface area contributed by atoms with E-state index in [1.807, 2.05) is 0 Å². The zero-order chi connectivity index (χ0) is 13.3. The molecule has 1 atom stereocenters. The molecule has 0 spiro atoms. The van der Waals surface area contributed by atoms with Crippen molar-refractivity contribution in [1.29, 1.82) is 0 Å². The van der Waals surface area contributed by atoms with Gasteiger partial charge >= 0.3 is 6.18 Å². The van der Waals surface area contributed by atoms with E-state index in [1.165, 1.54) is 18.6 Å². The maximum Gasteiger partial charge on any atom is 0.450 e.